The number of halogens is 1. The van der Waals surface area contributed by atoms with Crippen LogP contribution in [0.15, 0.2) is 24.3 Å². The summed E-state index contributed by atoms with van der Waals surface area (Å²) < 4.78 is 19.6. The van der Waals surface area contributed by atoms with Gasteiger partial charge in [0.15, 0.2) is 6.10 Å². The van der Waals surface area contributed by atoms with Crippen LogP contribution in [0, 0.1) is 19.7 Å². The van der Waals surface area contributed by atoms with Gasteiger partial charge in [0, 0.05) is 7.05 Å². The van der Waals surface area contributed by atoms with Crippen LogP contribution in [0.1, 0.15) is 23.9 Å². The molecule has 1 aromatic carbocycles. The zero-order valence-corrected chi connectivity index (χ0v) is 14.1. The van der Waals surface area contributed by atoms with Crippen LogP contribution >= 0.6 is 0 Å². The van der Waals surface area contributed by atoms with Crippen LogP contribution in [-0.4, -0.2) is 27.8 Å². The van der Waals surface area contributed by atoms with Gasteiger partial charge in [0.2, 0.25) is 0 Å². The van der Waals surface area contributed by atoms with Crippen LogP contribution < -0.4 is 5.32 Å². The summed E-state index contributed by atoms with van der Waals surface area (Å²) in [7, 11) is 1.78. The minimum atomic E-state index is -0.947. The average molecular weight is 333 g/mol. The molecule has 6 nitrogen and oxygen atoms in total. The molecule has 0 aliphatic carbocycles. The molecular formula is C17H20FN3O3. The van der Waals surface area contributed by atoms with Gasteiger partial charge >= 0.3 is 5.97 Å². The molecule has 2 rings (SSSR count). The van der Waals surface area contributed by atoms with Gasteiger partial charge in [-0.25, -0.2) is 4.39 Å². The van der Waals surface area contributed by atoms with Crippen molar-refractivity contribution in [3.8, 4) is 0 Å². The summed E-state index contributed by atoms with van der Waals surface area (Å²) in [4.78, 5) is 24.1. The lowest BCUT2D eigenvalue weighted by Crippen LogP contribution is -2.30. The maximum atomic E-state index is 12.8. The normalized spacial score (nSPS) is 11.9. The number of anilines is 1. The molecule has 7 heteroatoms. The zero-order valence-electron chi connectivity index (χ0n) is 14.1. The van der Waals surface area contributed by atoms with Crippen LogP contribution in [0.2, 0.25) is 0 Å². The Morgan fingerprint density at radius 2 is 1.92 bits per heavy atom. The lowest BCUT2D eigenvalue weighted by Gasteiger charge is -2.14. The van der Waals surface area contributed by atoms with Gasteiger partial charge in [-0.3, -0.25) is 14.3 Å². The highest BCUT2D eigenvalue weighted by Gasteiger charge is 2.21. The average Bonchev–Trinajstić information content (AvgIpc) is 2.75. The first-order chi connectivity index (χ1) is 11.3. The van der Waals surface area contributed by atoms with Crippen LogP contribution in [0.3, 0.4) is 0 Å². The highest BCUT2D eigenvalue weighted by atomic mass is 19.1. The molecule has 24 heavy (non-hydrogen) atoms. The highest BCUT2D eigenvalue weighted by Crippen LogP contribution is 2.18. The quantitative estimate of drug-likeness (QED) is 0.852. The van der Waals surface area contributed by atoms with Gasteiger partial charge in [-0.2, -0.15) is 5.10 Å². The molecule has 0 saturated heterocycles. The maximum absolute atomic E-state index is 12.8. The van der Waals surface area contributed by atoms with Gasteiger partial charge in [0.25, 0.3) is 5.91 Å². The summed E-state index contributed by atoms with van der Waals surface area (Å²) in [5.74, 6) is -1.35. The molecule has 0 bridgehead atoms. The van der Waals surface area contributed by atoms with Crippen molar-refractivity contribution in [2.75, 3.05) is 5.32 Å². The molecule has 1 atom stereocenters. The van der Waals surface area contributed by atoms with Crippen LogP contribution in [0.5, 0.6) is 0 Å². The van der Waals surface area contributed by atoms with Crippen molar-refractivity contribution in [2.24, 2.45) is 7.05 Å². The molecule has 1 heterocycles. The summed E-state index contributed by atoms with van der Waals surface area (Å²) in [6.07, 6.45) is -0.972. The van der Waals surface area contributed by atoms with E-state index in [9.17, 15) is 14.0 Å². The standard InChI is InChI=1S/C17H20FN3O3/c1-10-16(11(2)21(4)20-10)19-17(23)12(3)24-15(22)9-13-5-7-14(18)8-6-13/h5-8,12H,9H2,1-4H3,(H,19,23)/t12-/m0/s1. The van der Waals surface area contributed by atoms with Crippen molar-refractivity contribution < 1.29 is 18.7 Å². The number of ether oxygens (including phenoxy) is 1. The number of carbonyl (C=O) groups is 2. The number of hydrogen-bond donors (Lipinski definition) is 1. The molecule has 1 amide bonds. The van der Waals surface area contributed by atoms with Gasteiger partial charge in [-0.05, 0) is 38.5 Å². The third-order valence-electron chi connectivity index (χ3n) is 3.70. The number of rotatable bonds is 5. The number of carbonyl (C=O) groups excluding carboxylic acids is 2. The summed E-state index contributed by atoms with van der Waals surface area (Å²) in [5.41, 5.74) is 2.73. The molecule has 0 aliphatic rings. The van der Waals surface area contributed by atoms with Crippen molar-refractivity contribution in [3.63, 3.8) is 0 Å². The van der Waals surface area contributed by atoms with E-state index in [0.717, 1.165) is 5.69 Å². The Kier molecular flexibility index (Phi) is 5.33. The first-order valence-corrected chi connectivity index (χ1v) is 7.53. The predicted octanol–water partition coefficient (Wildman–Crippen LogP) is 2.29. The molecular weight excluding hydrogens is 313 g/mol. The second-order valence-electron chi connectivity index (χ2n) is 5.59. The van der Waals surface area contributed by atoms with E-state index in [0.29, 0.717) is 16.9 Å². The maximum Gasteiger partial charge on any atom is 0.311 e. The van der Waals surface area contributed by atoms with E-state index in [1.807, 2.05) is 6.92 Å². The number of aryl methyl sites for hydroxylation is 2. The lowest BCUT2D eigenvalue weighted by molar-refractivity contribution is -0.152. The lowest BCUT2D eigenvalue weighted by atomic mass is 10.1. The number of aromatic nitrogens is 2. The fourth-order valence-corrected chi connectivity index (χ4v) is 2.24. The Balaban J connectivity index is 1.93. The van der Waals surface area contributed by atoms with Crippen LogP contribution in [0.25, 0.3) is 0 Å². The van der Waals surface area contributed by atoms with Crippen molar-refractivity contribution in [2.45, 2.75) is 33.3 Å². The molecule has 0 saturated carbocycles. The van der Waals surface area contributed by atoms with Crippen LogP contribution in [0.4, 0.5) is 10.1 Å². The third-order valence-corrected chi connectivity index (χ3v) is 3.70. The van der Waals surface area contributed by atoms with Gasteiger partial charge in [0.05, 0.1) is 23.5 Å². The van der Waals surface area contributed by atoms with E-state index in [1.165, 1.54) is 31.2 Å². The molecule has 1 N–H and O–H groups in total. The monoisotopic (exact) mass is 333 g/mol. The predicted molar refractivity (Wildman–Crippen MR) is 87.0 cm³/mol. The Hall–Kier alpha value is -2.70. The third kappa shape index (κ3) is 4.18. The highest BCUT2D eigenvalue weighted by molar-refractivity contribution is 5.96. The van der Waals surface area contributed by atoms with E-state index in [4.69, 9.17) is 4.74 Å². The van der Waals surface area contributed by atoms with E-state index in [1.54, 1.807) is 18.7 Å². The van der Waals surface area contributed by atoms with Crippen molar-refractivity contribution in [3.05, 3.63) is 47.0 Å². The van der Waals surface area contributed by atoms with E-state index in [2.05, 4.69) is 10.4 Å². The molecule has 0 unspecified atom stereocenters. The largest absolute Gasteiger partial charge is 0.452 e. The SMILES string of the molecule is Cc1nn(C)c(C)c1NC(=O)[C@H](C)OC(=O)Cc1ccc(F)cc1. The van der Waals surface area contributed by atoms with E-state index in [-0.39, 0.29) is 12.2 Å². The molecule has 128 valence electrons. The van der Waals surface area contributed by atoms with Gasteiger partial charge in [0.1, 0.15) is 5.82 Å². The minimum Gasteiger partial charge on any atom is -0.452 e. The smallest absolute Gasteiger partial charge is 0.311 e. The summed E-state index contributed by atoms with van der Waals surface area (Å²) >= 11 is 0. The van der Waals surface area contributed by atoms with E-state index < -0.39 is 18.0 Å². The first kappa shape index (κ1) is 17.7. The van der Waals surface area contributed by atoms with Gasteiger partial charge in [-0.1, -0.05) is 12.1 Å². The van der Waals surface area contributed by atoms with Crippen molar-refractivity contribution in [1.82, 2.24) is 9.78 Å². The molecule has 0 aliphatic heterocycles. The number of esters is 1. The first-order valence-electron chi connectivity index (χ1n) is 7.53. The second-order valence-corrected chi connectivity index (χ2v) is 5.59. The van der Waals surface area contributed by atoms with Gasteiger partial charge in [-0.15, -0.1) is 0 Å². The van der Waals surface area contributed by atoms with Crippen molar-refractivity contribution in [1.29, 1.82) is 0 Å². The molecule has 2 aromatic rings. The fraction of sp³-hybridized carbons (Fsp3) is 0.353. The molecule has 0 fully saturated rings. The minimum absolute atomic E-state index is 0.0250. The molecule has 0 spiro atoms. The summed E-state index contributed by atoms with van der Waals surface area (Å²) in [6, 6.07) is 5.55. The number of hydrogen-bond acceptors (Lipinski definition) is 4. The van der Waals surface area contributed by atoms with E-state index >= 15 is 0 Å². The number of nitrogens with zero attached hydrogens (tertiary/aromatic N) is 2. The summed E-state index contributed by atoms with van der Waals surface area (Å²) in [6.45, 7) is 5.12. The Morgan fingerprint density at radius 3 is 2.46 bits per heavy atom. The fourth-order valence-electron chi connectivity index (χ4n) is 2.24. The Morgan fingerprint density at radius 1 is 1.29 bits per heavy atom. The van der Waals surface area contributed by atoms with Crippen molar-refractivity contribution >= 4 is 17.6 Å². The molecule has 0 radical (unpaired) electrons. The second kappa shape index (κ2) is 7.25. The molecule has 1 aromatic heterocycles. The van der Waals surface area contributed by atoms with Crippen LogP contribution in [-0.2, 0) is 27.8 Å². The number of amides is 1. The zero-order chi connectivity index (χ0) is 17.9. The topological polar surface area (TPSA) is 73.2 Å². The number of nitrogens with one attached hydrogen (secondary N) is 1. The number of benzene rings is 1. The summed E-state index contributed by atoms with van der Waals surface area (Å²) in [5, 5.41) is 6.94. The Labute approximate surface area is 139 Å². The van der Waals surface area contributed by atoms with Gasteiger partial charge < -0.3 is 10.1 Å². The Bertz CT molecular complexity index is 753.